The minimum Gasteiger partial charge on any atom is -0.355 e. The molecule has 0 aliphatic carbocycles. The fourth-order valence-electron chi connectivity index (χ4n) is 2.96. The molecule has 3 heterocycles. The number of halogens is 3. The topological polar surface area (TPSA) is 75.9 Å². The van der Waals surface area contributed by atoms with Crippen molar-refractivity contribution in [2.24, 2.45) is 13.0 Å². The van der Waals surface area contributed by atoms with E-state index in [1.165, 1.54) is 0 Å². The van der Waals surface area contributed by atoms with Crippen molar-refractivity contribution in [1.29, 1.82) is 0 Å². The number of hydrogen-bond donors (Lipinski definition) is 1. The third-order valence-corrected chi connectivity index (χ3v) is 4.39. The normalized spacial score (nSPS) is 15.9. The number of carbonyl (C=O) groups excluding carboxylic acids is 1. The van der Waals surface area contributed by atoms with Crippen molar-refractivity contribution >= 4 is 11.7 Å². The molecule has 0 atom stereocenters. The number of carbonyl (C=O) groups is 1. The summed E-state index contributed by atoms with van der Waals surface area (Å²) in [7, 11) is 1.82. The van der Waals surface area contributed by atoms with Gasteiger partial charge < -0.3 is 10.2 Å². The molecule has 0 aromatic carbocycles. The Kier molecular flexibility index (Phi) is 5.10. The largest absolute Gasteiger partial charge is 0.405 e. The maximum atomic E-state index is 12.2. The van der Waals surface area contributed by atoms with Crippen LogP contribution in [0.2, 0.25) is 0 Å². The maximum absolute atomic E-state index is 12.2. The average molecular weight is 368 g/mol. The number of hydrogen-bond acceptors (Lipinski definition) is 5. The van der Waals surface area contributed by atoms with Crippen LogP contribution < -0.4 is 10.2 Å². The van der Waals surface area contributed by atoms with Crippen molar-refractivity contribution < 1.29 is 18.0 Å². The highest BCUT2D eigenvalue weighted by Gasteiger charge is 2.31. The van der Waals surface area contributed by atoms with Crippen LogP contribution in [0.5, 0.6) is 0 Å². The van der Waals surface area contributed by atoms with E-state index >= 15 is 0 Å². The van der Waals surface area contributed by atoms with Crippen LogP contribution in [0, 0.1) is 5.92 Å². The Balaban J connectivity index is 1.55. The molecule has 3 rings (SSSR count). The van der Waals surface area contributed by atoms with E-state index in [4.69, 9.17) is 0 Å². The van der Waals surface area contributed by atoms with Crippen LogP contribution >= 0.6 is 0 Å². The molecule has 0 saturated carbocycles. The molecule has 1 saturated heterocycles. The molecule has 1 N–H and O–H groups in total. The van der Waals surface area contributed by atoms with Crippen LogP contribution in [0.4, 0.5) is 19.0 Å². The molecule has 26 heavy (non-hydrogen) atoms. The van der Waals surface area contributed by atoms with Crippen molar-refractivity contribution in [2.75, 3.05) is 24.5 Å². The van der Waals surface area contributed by atoms with Gasteiger partial charge in [-0.3, -0.25) is 9.48 Å². The zero-order valence-corrected chi connectivity index (χ0v) is 14.2. The Hall–Kier alpha value is -2.65. The zero-order chi connectivity index (χ0) is 18.7. The van der Waals surface area contributed by atoms with Crippen molar-refractivity contribution in [1.82, 2.24) is 25.3 Å². The van der Waals surface area contributed by atoms with E-state index in [0.29, 0.717) is 37.4 Å². The zero-order valence-electron chi connectivity index (χ0n) is 14.2. The standard InChI is InChI=1S/C16H19F3N6O/c1-24-13(4-7-21-24)12-2-3-14(23-22-12)25-8-5-11(6-9-25)15(26)20-10-16(17,18)19/h2-4,7,11H,5-6,8-10H2,1H3,(H,20,26). The van der Waals surface area contributed by atoms with Crippen LogP contribution in [0.25, 0.3) is 11.4 Å². The first-order chi connectivity index (χ1) is 12.3. The molecule has 0 bridgehead atoms. The maximum Gasteiger partial charge on any atom is 0.405 e. The van der Waals surface area contributed by atoms with Gasteiger partial charge in [0.2, 0.25) is 5.91 Å². The third-order valence-electron chi connectivity index (χ3n) is 4.39. The van der Waals surface area contributed by atoms with Crippen LogP contribution in [0.3, 0.4) is 0 Å². The summed E-state index contributed by atoms with van der Waals surface area (Å²) in [5.74, 6) is -0.264. The quantitative estimate of drug-likeness (QED) is 0.890. The van der Waals surface area contributed by atoms with Gasteiger partial charge in [0.15, 0.2) is 5.82 Å². The summed E-state index contributed by atoms with van der Waals surface area (Å²) in [6, 6.07) is 5.54. The molecule has 1 fully saturated rings. The number of nitrogens with zero attached hydrogens (tertiary/aromatic N) is 5. The van der Waals surface area contributed by atoms with E-state index in [1.807, 2.05) is 35.5 Å². The molecule has 0 spiro atoms. The molecule has 7 nitrogen and oxygen atoms in total. The molecular weight excluding hydrogens is 349 g/mol. The monoisotopic (exact) mass is 368 g/mol. The fraction of sp³-hybridized carbons (Fsp3) is 0.500. The van der Waals surface area contributed by atoms with Crippen LogP contribution in [-0.2, 0) is 11.8 Å². The van der Waals surface area contributed by atoms with Gasteiger partial charge in [0, 0.05) is 32.3 Å². The summed E-state index contributed by atoms with van der Waals surface area (Å²) in [5.41, 5.74) is 1.55. The molecule has 0 radical (unpaired) electrons. The number of anilines is 1. The Morgan fingerprint density at radius 3 is 2.50 bits per heavy atom. The van der Waals surface area contributed by atoms with E-state index < -0.39 is 24.5 Å². The number of rotatable bonds is 4. The second-order valence-corrected chi connectivity index (χ2v) is 6.21. The molecule has 2 aromatic heterocycles. The van der Waals surface area contributed by atoms with Gasteiger partial charge in [-0.2, -0.15) is 18.3 Å². The molecule has 140 valence electrons. The summed E-state index contributed by atoms with van der Waals surface area (Å²) in [6.45, 7) is -0.194. The van der Waals surface area contributed by atoms with E-state index in [1.54, 1.807) is 10.9 Å². The number of alkyl halides is 3. The molecule has 10 heteroatoms. The van der Waals surface area contributed by atoms with E-state index in [9.17, 15) is 18.0 Å². The molecule has 2 aromatic rings. The van der Waals surface area contributed by atoms with Crippen molar-refractivity contribution in [2.45, 2.75) is 19.0 Å². The van der Waals surface area contributed by atoms with Crippen LogP contribution in [0.15, 0.2) is 24.4 Å². The highest BCUT2D eigenvalue weighted by Crippen LogP contribution is 2.23. The second-order valence-electron chi connectivity index (χ2n) is 6.21. The SMILES string of the molecule is Cn1nccc1-c1ccc(N2CCC(C(=O)NCC(F)(F)F)CC2)nn1. The molecule has 0 unspecified atom stereocenters. The lowest BCUT2D eigenvalue weighted by Crippen LogP contribution is -2.43. The van der Waals surface area contributed by atoms with Gasteiger partial charge in [-0.1, -0.05) is 0 Å². The van der Waals surface area contributed by atoms with Crippen LogP contribution in [0.1, 0.15) is 12.8 Å². The summed E-state index contributed by atoms with van der Waals surface area (Å²) in [5, 5.41) is 14.5. The Labute approximate surface area is 148 Å². The lowest BCUT2D eigenvalue weighted by atomic mass is 9.96. The van der Waals surface area contributed by atoms with Gasteiger partial charge in [0.1, 0.15) is 12.2 Å². The first-order valence-electron chi connectivity index (χ1n) is 8.25. The third kappa shape index (κ3) is 4.30. The Bertz CT molecular complexity index is 750. The van der Waals surface area contributed by atoms with Gasteiger partial charge >= 0.3 is 6.18 Å². The predicted octanol–water partition coefficient (Wildman–Crippen LogP) is 1.77. The highest BCUT2D eigenvalue weighted by atomic mass is 19.4. The summed E-state index contributed by atoms with van der Waals surface area (Å²) < 4.78 is 38.3. The molecule has 1 amide bonds. The lowest BCUT2D eigenvalue weighted by Gasteiger charge is -2.31. The van der Waals surface area contributed by atoms with Gasteiger partial charge in [-0.25, -0.2) is 0 Å². The molecular formula is C16H19F3N6O. The van der Waals surface area contributed by atoms with Gasteiger partial charge in [-0.15, -0.1) is 10.2 Å². The van der Waals surface area contributed by atoms with Crippen molar-refractivity contribution in [3.05, 3.63) is 24.4 Å². The molecule has 1 aliphatic heterocycles. The summed E-state index contributed by atoms with van der Waals surface area (Å²) >= 11 is 0. The number of aromatic nitrogens is 4. The smallest absolute Gasteiger partial charge is 0.355 e. The number of amides is 1. The van der Waals surface area contributed by atoms with Gasteiger partial charge in [0.25, 0.3) is 0 Å². The Morgan fingerprint density at radius 2 is 1.96 bits per heavy atom. The lowest BCUT2D eigenvalue weighted by molar-refractivity contribution is -0.141. The number of piperidine rings is 1. The number of nitrogens with one attached hydrogen (secondary N) is 1. The molecule has 1 aliphatic rings. The van der Waals surface area contributed by atoms with Crippen molar-refractivity contribution in [3.8, 4) is 11.4 Å². The first-order valence-corrected chi connectivity index (χ1v) is 8.25. The summed E-state index contributed by atoms with van der Waals surface area (Å²) in [4.78, 5) is 13.8. The minimum absolute atomic E-state index is 0.407. The van der Waals surface area contributed by atoms with E-state index in [2.05, 4.69) is 15.3 Å². The van der Waals surface area contributed by atoms with Gasteiger partial charge in [0.05, 0.1) is 5.69 Å². The Morgan fingerprint density at radius 1 is 1.23 bits per heavy atom. The average Bonchev–Trinajstić information content (AvgIpc) is 3.05. The number of aryl methyl sites for hydroxylation is 1. The highest BCUT2D eigenvalue weighted by molar-refractivity contribution is 5.79. The first kappa shape index (κ1) is 18.2. The van der Waals surface area contributed by atoms with Gasteiger partial charge in [-0.05, 0) is 31.0 Å². The predicted molar refractivity (Wildman–Crippen MR) is 88.2 cm³/mol. The fourth-order valence-corrected chi connectivity index (χ4v) is 2.96. The minimum atomic E-state index is -4.39. The summed E-state index contributed by atoms with van der Waals surface area (Å²) in [6.07, 6.45) is -1.75. The van der Waals surface area contributed by atoms with Crippen LogP contribution in [-0.4, -0.2) is 51.7 Å². The van der Waals surface area contributed by atoms with E-state index in [-0.39, 0.29) is 0 Å². The second kappa shape index (κ2) is 7.30. The van der Waals surface area contributed by atoms with E-state index in [0.717, 1.165) is 5.69 Å². The van der Waals surface area contributed by atoms with Crippen molar-refractivity contribution in [3.63, 3.8) is 0 Å².